The zero-order chi connectivity index (χ0) is 18.9. The summed E-state index contributed by atoms with van der Waals surface area (Å²) in [6, 6.07) is 15.2. The van der Waals surface area contributed by atoms with Crippen LogP contribution in [0.4, 0.5) is 0 Å². The first-order valence-electron chi connectivity index (χ1n) is 9.34. The number of allylic oxidation sites excluding steroid dienone is 4. The Bertz CT molecular complexity index is 824. The number of hydrogen-bond donors (Lipinski definition) is 2. The van der Waals surface area contributed by atoms with Gasteiger partial charge in [0.25, 0.3) is 0 Å². The molecule has 136 valence electrons. The number of phenols is 2. The summed E-state index contributed by atoms with van der Waals surface area (Å²) in [6.45, 7) is 8.96. The van der Waals surface area contributed by atoms with Crippen LogP contribution in [0.15, 0.2) is 66.3 Å². The van der Waals surface area contributed by atoms with Gasteiger partial charge < -0.3 is 10.2 Å². The SMILES string of the molecule is CC(C)C1=C(c2ccc(O)cc2)CC(c2ccc(O)cc2)(C(C)C)C=C1. The monoisotopic (exact) mass is 348 g/mol. The van der Waals surface area contributed by atoms with Crippen LogP contribution >= 0.6 is 0 Å². The van der Waals surface area contributed by atoms with E-state index in [0.717, 1.165) is 6.42 Å². The molecule has 1 aliphatic rings. The van der Waals surface area contributed by atoms with Gasteiger partial charge in [0, 0.05) is 5.41 Å². The lowest BCUT2D eigenvalue weighted by Crippen LogP contribution is -2.32. The Morgan fingerprint density at radius 2 is 1.35 bits per heavy atom. The van der Waals surface area contributed by atoms with Gasteiger partial charge in [-0.15, -0.1) is 0 Å². The van der Waals surface area contributed by atoms with Crippen LogP contribution in [0.1, 0.15) is 45.2 Å². The van der Waals surface area contributed by atoms with Crippen LogP contribution in [-0.4, -0.2) is 10.2 Å². The smallest absolute Gasteiger partial charge is 0.115 e. The molecule has 0 bridgehead atoms. The lowest BCUT2D eigenvalue weighted by molar-refractivity contribution is 0.386. The van der Waals surface area contributed by atoms with Crippen molar-refractivity contribution in [2.75, 3.05) is 0 Å². The molecule has 3 rings (SSSR count). The molecule has 0 radical (unpaired) electrons. The highest BCUT2D eigenvalue weighted by atomic mass is 16.3. The van der Waals surface area contributed by atoms with Gasteiger partial charge in [0.05, 0.1) is 0 Å². The van der Waals surface area contributed by atoms with Gasteiger partial charge >= 0.3 is 0 Å². The van der Waals surface area contributed by atoms with Crippen LogP contribution in [0.2, 0.25) is 0 Å². The molecule has 0 saturated heterocycles. The van der Waals surface area contributed by atoms with Gasteiger partial charge in [0.15, 0.2) is 0 Å². The molecular weight excluding hydrogens is 320 g/mol. The molecule has 0 heterocycles. The Balaban J connectivity index is 2.13. The van der Waals surface area contributed by atoms with Crippen molar-refractivity contribution in [3.8, 4) is 11.5 Å². The number of hydrogen-bond acceptors (Lipinski definition) is 2. The fourth-order valence-electron chi connectivity index (χ4n) is 3.96. The molecule has 0 saturated carbocycles. The molecule has 0 aliphatic heterocycles. The average molecular weight is 348 g/mol. The maximum Gasteiger partial charge on any atom is 0.115 e. The number of phenolic OH excluding ortho intramolecular Hbond substituents is 2. The van der Waals surface area contributed by atoms with E-state index in [9.17, 15) is 10.2 Å². The van der Waals surface area contributed by atoms with Gasteiger partial charge in [0.1, 0.15) is 11.5 Å². The van der Waals surface area contributed by atoms with E-state index < -0.39 is 0 Å². The normalized spacial score (nSPS) is 20.2. The number of benzene rings is 2. The molecular formula is C24H28O2. The van der Waals surface area contributed by atoms with Crippen molar-refractivity contribution < 1.29 is 10.2 Å². The quantitative estimate of drug-likeness (QED) is 0.705. The highest BCUT2D eigenvalue weighted by Crippen LogP contribution is 2.47. The molecule has 0 fully saturated rings. The van der Waals surface area contributed by atoms with Crippen LogP contribution in [0.25, 0.3) is 5.57 Å². The lowest BCUT2D eigenvalue weighted by Gasteiger charge is -2.40. The molecule has 2 aromatic carbocycles. The summed E-state index contributed by atoms with van der Waals surface area (Å²) in [5.41, 5.74) is 4.97. The van der Waals surface area contributed by atoms with Crippen molar-refractivity contribution in [3.63, 3.8) is 0 Å². The molecule has 0 spiro atoms. The van der Waals surface area contributed by atoms with Crippen LogP contribution in [0.3, 0.4) is 0 Å². The van der Waals surface area contributed by atoms with Crippen molar-refractivity contribution in [1.82, 2.24) is 0 Å². The second-order valence-electron chi connectivity index (χ2n) is 7.89. The molecule has 2 nitrogen and oxygen atoms in total. The van der Waals surface area contributed by atoms with E-state index in [1.807, 2.05) is 24.3 Å². The second-order valence-corrected chi connectivity index (χ2v) is 7.89. The first-order chi connectivity index (χ1) is 12.3. The molecule has 1 atom stereocenters. The van der Waals surface area contributed by atoms with Gasteiger partial charge in [-0.2, -0.15) is 0 Å². The molecule has 0 aromatic heterocycles. The Morgan fingerprint density at radius 1 is 0.808 bits per heavy atom. The maximum absolute atomic E-state index is 9.70. The third-order valence-corrected chi connectivity index (χ3v) is 5.65. The number of rotatable bonds is 4. The van der Waals surface area contributed by atoms with E-state index in [-0.39, 0.29) is 5.41 Å². The van der Waals surface area contributed by atoms with E-state index in [1.54, 1.807) is 24.3 Å². The second kappa shape index (κ2) is 7.03. The summed E-state index contributed by atoms with van der Waals surface area (Å²) >= 11 is 0. The van der Waals surface area contributed by atoms with Crippen LogP contribution in [0.5, 0.6) is 11.5 Å². The highest BCUT2D eigenvalue weighted by Gasteiger charge is 2.37. The maximum atomic E-state index is 9.70. The van der Waals surface area contributed by atoms with Crippen LogP contribution in [-0.2, 0) is 5.41 Å². The van der Waals surface area contributed by atoms with E-state index in [4.69, 9.17) is 0 Å². The van der Waals surface area contributed by atoms with Crippen molar-refractivity contribution in [1.29, 1.82) is 0 Å². The Kier molecular flexibility index (Phi) is 4.95. The average Bonchev–Trinajstić information content (AvgIpc) is 2.62. The Morgan fingerprint density at radius 3 is 1.85 bits per heavy atom. The van der Waals surface area contributed by atoms with Gasteiger partial charge in [-0.3, -0.25) is 0 Å². The van der Waals surface area contributed by atoms with E-state index in [0.29, 0.717) is 23.3 Å². The van der Waals surface area contributed by atoms with Crippen molar-refractivity contribution >= 4 is 5.57 Å². The van der Waals surface area contributed by atoms with Crippen LogP contribution < -0.4 is 0 Å². The third kappa shape index (κ3) is 3.29. The van der Waals surface area contributed by atoms with Gasteiger partial charge in [0.2, 0.25) is 0 Å². The minimum atomic E-state index is -0.112. The van der Waals surface area contributed by atoms with Gasteiger partial charge in [-0.1, -0.05) is 64.1 Å². The van der Waals surface area contributed by atoms with E-state index >= 15 is 0 Å². The third-order valence-electron chi connectivity index (χ3n) is 5.65. The lowest BCUT2D eigenvalue weighted by atomic mass is 9.63. The Hall–Kier alpha value is -2.48. The fraction of sp³-hybridized carbons (Fsp3) is 0.333. The van der Waals surface area contributed by atoms with Crippen molar-refractivity contribution in [2.24, 2.45) is 11.8 Å². The largest absolute Gasteiger partial charge is 0.508 e. The van der Waals surface area contributed by atoms with Crippen molar-refractivity contribution in [3.05, 3.63) is 77.4 Å². The predicted octanol–water partition coefficient (Wildman–Crippen LogP) is 6.06. The van der Waals surface area contributed by atoms with Crippen LogP contribution in [0, 0.1) is 11.8 Å². The summed E-state index contributed by atoms with van der Waals surface area (Å²) in [4.78, 5) is 0. The molecule has 0 amide bonds. The summed E-state index contributed by atoms with van der Waals surface area (Å²) in [6.07, 6.45) is 5.54. The minimum Gasteiger partial charge on any atom is -0.508 e. The minimum absolute atomic E-state index is 0.112. The first kappa shape index (κ1) is 18.3. The zero-order valence-electron chi connectivity index (χ0n) is 16.0. The molecule has 2 aromatic rings. The summed E-state index contributed by atoms with van der Waals surface area (Å²) < 4.78 is 0. The predicted molar refractivity (Wildman–Crippen MR) is 108 cm³/mol. The Labute approximate surface area is 156 Å². The topological polar surface area (TPSA) is 40.5 Å². The summed E-state index contributed by atoms with van der Waals surface area (Å²) in [7, 11) is 0. The molecule has 2 heteroatoms. The van der Waals surface area contributed by atoms with E-state index in [2.05, 4.69) is 39.8 Å². The standard InChI is InChI=1S/C24H28O2/c1-16(2)22-13-14-24(17(3)4,19-7-11-21(26)12-8-19)15-23(22)18-5-9-20(25)10-6-18/h5-14,16-17,25-26H,15H2,1-4H3. The summed E-state index contributed by atoms with van der Waals surface area (Å²) in [5.74, 6) is 1.43. The van der Waals surface area contributed by atoms with E-state index in [1.165, 1.54) is 22.3 Å². The fourth-order valence-corrected chi connectivity index (χ4v) is 3.96. The molecule has 1 unspecified atom stereocenters. The van der Waals surface area contributed by atoms with Gasteiger partial charge in [-0.05, 0) is 64.8 Å². The zero-order valence-corrected chi connectivity index (χ0v) is 16.0. The first-order valence-corrected chi connectivity index (χ1v) is 9.34. The van der Waals surface area contributed by atoms with Gasteiger partial charge in [-0.25, -0.2) is 0 Å². The molecule has 2 N–H and O–H groups in total. The number of aromatic hydroxyl groups is 2. The summed E-state index contributed by atoms with van der Waals surface area (Å²) in [5, 5.41) is 19.4. The molecule has 1 aliphatic carbocycles. The molecule has 26 heavy (non-hydrogen) atoms. The highest BCUT2D eigenvalue weighted by molar-refractivity contribution is 5.75. The van der Waals surface area contributed by atoms with Crippen molar-refractivity contribution in [2.45, 2.75) is 39.5 Å².